The molecule has 78 valence electrons. The number of carbonyl (C=O) groups is 1. The van der Waals surface area contributed by atoms with Gasteiger partial charge in [-0.2, -0.15) is 0 Å². The van der Waals surface area contributed by atoms with Crippen molar-refractivity contribution in [3.8, 4) is 0 Å². The van der Waals surface area contributed by atoms with E-state index in [4.69, 9.17) is 5.11 Å². The zero-order chi connectivity index (χ0) is 10.4. The second-order valence-electron chi connectivity index (χ2n) is 3.34. The topological polar surface area (TPSA) is 68.0 Å². The summed E-state index contributed by atoms with van der Waals surface area (Å²) in [5.74, 6) is -0.718. The first-order valence-electron chi connectivity index (χ1n) is 4.75. The molecule has 1 aromatic rings. The number of hydrogen-bond donors (Lipinski definition) is 1. The van der Waals surface area contributed by atoms with Crippen LogP contribution in [-0.2, 0) is 18.3 Å². The third-order valence-corrected chi connectivity index (χ3v) is 1.97. The molecule has 1 aromatic heterocycles. The van der Waals surface area contributed by atoms with Gasteiger partial charge in [0.2, 0.25) is 0 Å². The Morgan fingerprint density at radius 2 is 2.29 bits per heavy atom. The first-order valence-corrected chi connectivity index (χ1v) is 4.75. The maximum atomic E-state index is 10.2. The second kappa shape index (κ2) is 5.36. The van der Waals surface area contributed by atoms with Crippen LogP contribution in [0.4, 0.5) is 0 Å². The fourth-order valence-electron chi connectivity index (χ4n) is 1.27. The molecule has 0 fully saturated rings. The van der Waals surface area contributed by atoms with E-state index in [1.54, 1.807) is 4.68 Å². The number of carboxylic acids is 1. The molecule has 0 aliphatic carbocycles. The highest BCUT2D eigenvalue weighted by molar-refractivity contribution is 5.66. The van der Waals surface area contributed by atoms with Crippen molar-refractivity contribution in [1.29, 1.82) is 0 Å². The van der Waals surface area contributed by atoms with Gasteiger partial charge >= 0.3 is 5.97 Å². The second-order valence-corrected chi connectivity index (χ2v) is 3.34. The summed E-state index contributed by atoms with van der Waals surface area (Å²) in [5, 5.41) is 16.2. The van der Waals surface area contributed by atoms with E-state index in [0.717, 1.165) is 31.4 Å². The van der Waals surface area contributed by atoms with Crippen molar-refractivity contribution in [3.05, 3.63) is 11.9 Å². The summed E-state index contributed by atoms with van der Waals surface area (Å²) in [7, 11) is 1.83. The first-order chi connectivity index (χ1) is 6.68. The number of unbranched alkanes of at least 4 members (excludes halogenated alkanes) is 2. The van der Waals surface area contributed by atoms with E-state index in [9.17, 15) is 4.79 Å². The molecule has 0 bridgehead atoms. The van der Waals surface area contributed by atoms with Gasteiger partial charge in [0, 0.05) is 19.7 Å². The van der Waals surface area contributed by atoms with E-state index < -0.39 is 5.97 Å². The van der Waals surface area contributed by atoms with Crippen LogP contribution >= 0.6 is 0 Å². The van der Waals surface area contributed by atoms with Crippen molar-refractivity contribution in [3.63, 3.8) is 0 Å². The van der Waals surface area contributed by atoms with Gasteiger partial charge in [0.25, 0.3) is 0 Å². The van der Waals surface area contributed by atoms with E-state index >= 15 is 0 Å². The average Bonchev–Trinajstić information content (AvgIpc) is 2.50. The molecule has 5 heteroatoms. The number of hydrogen-bond acceptors (Lipinski definition) is 3. The molecule has 0 spiro atoms. The maximum absolute atomic E-state index is 10.2. The standard InChI is InChI=1S/C9H15N3O2/c1-12-7-8(10-11-12)5-3-2-4-6-9(13)14/h7H,2-6H2,1H3,(H,13,14). The molecule has 0 amide bonds. The predicted molar refractivity (Wildman–Crippen MR) is 50.8 cm³/mol. The monoisotopic (exact) mass is 197 g/mol. The average molecular weight is 197 g/mol. The smallest absolute Gasteiger partial charge is 0.303 e. The molecule has 0 saturated heterocycles. The number of aromatic nitrogens is 3. The van der Waals surface area contributed by atoms with Crippen LogP contribution in [0.1, 0.15) is 31.4 Å². The van der Waals surface area contributed by atoms with Crippen LogP contribution in [0.5, 0.6) is 0 Å². The molecule has 0 atom stereocenters. The molecule has 0 aliphatic rings. The maximum Gasteiger partial charge on any atom is 0.303 e. The van der Waals surface area contributed by atoms with Gasteiger partial charge in [-0.3, -0.25) is 9.48 Å². The lowest BCUT2D eigenvalue weighted by atomic mass is 10.1. The van der Waals surface area contributed by atoms with E-state index in [1.165, 1.54) is 0 Å². The summed E-state index contributed by atoms with van der Waals surface area (Å²) in [6.45, 7) is 0. The van der Waals surface area contributed by atoms with Crippen LogP contribution in [0.15, 0.2) is 6.20 Å². The molecule has 14 heavy (non-hydrogen) atoms. The van der Waals surface area contributed by atoms with Gasteiger partial charge in [0.1, 0.15) is 0 Å². The number of rotatable bonds is 6. The van der Waals surface area contributed by atoms with Crippen molar-refractivity contribution in [2.45, 2.75) is 32.1 Å². The van der Waals surface area contributed by atoms with Crippen LogP contribution in [0.25, 0.3) is 0 Å². The van der Waals surface area contributed by atoms with E-state index in [2.05, 4.69) is 10.3 Å². The van der Waals surface area contributed by atoms with Gasteiger partial charge in [-0.05, 0) is 19.3 Å². The summed E-state index contributed by atoms with van der Waals surface area (Å²) < 4.78 is 1.67. The Hall–Kier alpha value is -1.39. The molecule has 0 aromatic carbocycles. The predicted octanol–water partition coefficient (Wildman–Crippen LogP) is 1.00. The third kappa shape index (κ3) is 4.02. The summed E-state index contributed by atoms with van der Waals surface area (Å²) in [4.78, 5) is 10.2. The van der Waals surface area contributed by atoms with Crippen molar-refractivity contribution < 1.29 is 9.90 Å². The van der Waals surface area contributed by atoms with Crippen molar-refractivity contribution in [2.75, 3.05) is 0 Å². The Morgan fingerprint density at radius 1 is 1.50 bits per heavy atom. The highest BCUT2D eigenvalue weighted by Crippen LogP contribution is 2.04. The molecule has 1 heterocycles. The van der Waals surface area contributed by atoms with Crippen LogP contribution in [0.3, 0.4) is 0 Å². The van der Waals surface area contributed by atoms with Crippen LogP contribution in [0, 0.1) is 0 Å². The summed E-state index contributed by atoms with van der Waals surface area (Å²) in [6, 6.07) is 0. The quantitative estimate of drug-likeness (QED) is 0.691. The largest absolute Gasteiger partial charge is 0.481 e. The molecule has 0 radical (unpaired) electrons. The molecular weight excluding hydrogens is 182 g/mol. The van der Waals surface area contributed by atoms with Gasteiger partial charge in [-0.1, -0.05) is 11.6 Å². The molecule has 1 N–H and O–H groups in total. The number of carboxylic acid groups (broad SMARTS) is 1. The van der Waals surface area contributed by atoms with Crippen molar-refractivity contribution in [1.82, 2.24) is 15.0 Å². The molecule has 5 nitrogen and oxygen atoms in total. The Kier molecular flexibility index (Phi) is 4.10. The lowest BCUT2D eigenvalue weighted by molar-refractivity contribution is -0.137. The summed E-state index contributed by atoms with van der Waals surface area (Å²) in [5.41, 5.74) is 0.975. The highest BCUT2D eigenvalue weighted by Gasteiger charge is 1.99. The van der Waals surface area contributed by atoms with E-state index in [-0.39, 0.29) is 6.42 Å². The molecule has 0 unspecified atom stereocenters. The SMILES string of the molecule is Cn1cc(CCCCCC(=O)O)nn1. The Morgan fingerprint density at radius 3 is 2.86 bits per heavy atom. The Bertz CT molecular complexity index is 296. The Labute approximate surface area is 82.7 Å². The zero-order valence-electron chi connectivity index (χ0n) is 8.31. The lowest BCUT2D eigenvalue weighted by Crippen LogP contribution is -1.94. The Balaban J connectivity index is 2.07. The lowest BCUT2D eigenvalue weighted by Gasteiger charge is -1.95. The fourth-order valence-corrected chi connectivity index (χ4v) is 1.27. The highest BCUT2D eigenvalue weighted by atomic mass is 16.4. The normalized spacial score (nSPS) is 10.4. The molecule has 0 aliphatic heterocycles. The molecule has 1 rings (SSSR count). The number of nitrogens with zero attached hydrogens (tertiary/aromatic N) is 3. The van der Waals surface area contributed by atoms with Gasteiger partial charge < -0.3 is 5.11 Å². The van der Waals surface area contributed by atoms with Crippen LogP contribution in [0.2, 0.25) is 0 Å². The van der Waals surface area contributed by atoms with Gasteiger partial charge in [-0.25, -0.2) is 0 Å². The van der Waals surface area contributed by atoms with E-state index in [1.807, 2.05) is 13.2 Å². The van der Waals surface area contributed by atoms with Crippen molar-refractivity contribution >= 4 is 5.97 Å². The third-order valence-electron chi connectivity index (χ3n) is 1.97. The minimum Gasteiger partial charge on any atom is -0.481 e. The van der Waals surface area contributed by atoms with Gasteiger partial charge in [0.05, 0.1) is 5.69 Å². The first kappa shape index (κ1) is 10.7. The minimum absolute atomic E-state index is 0.264. The molecule has 0 saturated carbocycles. The van der Waals surface area contributed by atoms with Gasteiger partial charge in [0.15, 0.2) is 0 Å². The van der Waals surface area contributed by atoms with Crippen molar-refractivity contribution in [2.24, 2.45) is 7.05 Å². The zero-order valence-corrected chi connectivity index (χ0v) is 8.31. The minimum atomic E-state index is -0.718. The number of aryl methyl sites for hydroxylation is 2. The van der Waals surface area contributed by atoms with Crippen LogP contribution < -0.4 is 0 Å². The fraction of sp³-hybridized carbons (Fsp3) is 0.667. The summed E-state index contributed by atoms with van der Waals surface area (Å²) in [6.07, 6.45) is 5.69. The van der Waals surface area contributed by atoms with Crippen LogP contribution in [-0.4, -0.2) is 26.1 Å². The van der Waals surface area contributed by atoms with E-state index in [0.29, 0.717) is 0 Å². The summed E-state index contributed by atoms with van der Waals surface area (Å²) >= 11 is 0. The van der Waals surface area contributed by atoms with Gasteiger partial charge in [-0.15, -0.1) is 5.10 Å². The number of aliphatic carboxylic acids is 1. The molecular formula is C9H15N3O2.